The van der Waals surface area contributed by atoms with E-state index in [-0.39, 0.29) is 24.3 Å². The Morgan fingerprint density at radius 3 is 2.51 bits per heavy atom. The summed E-state index contributed by atoms with van der Waals surface area (Å²) in [5.41, 5.74) is 1.62. The molecule has 2 fully saturated rings. The number of nitrogens with zero attached hydrogens (tertiary/aromatic N) is 4. The van der Waals surface area contributed by atoms with Crippen LogP contribution in [-0.4, -0.2) is 92.5 Å². The zero-order chi connectivity index (χ0) is 27.4. The predicted molar refractivity (Wildman–Crippen MR) is 143 cm³/mol. The Morgan fingerprint density at radius 1 is 1.08 bits per heavy atom. The van der Waals surface area contributed by atoms with Gasteiger partial charge in [0.25, 0.3) is 5.91 Å². The van der Waals surface area contributed by atoms with Gasteiger partial charge in [0.1, 0.15) is 12.4 Å². The summed E-state index contributed by atoms with van der Waals surface area (Å²) in [6, 6.07) is 11.4. The van der Waals surface area contributed by atoms with E-state index in [1.165, 1.54) is 11.1 Å². The van der Waals surface area contributed by atoms with E-state index in [0.29, 0.717) is 55.5 Å². The molecule has 1 atom stereocenters. The van der Waals surface area contributed by atoms with Gasteiger partial charge in [0, 0.05) is 44.1 Å². The smallest absolute Gasteiger partial charge is 0.262 e. The molecule has 208 valence electrons. The highest BCUT2D eigenvalue weighted by Gasteiger charge is 2.38. The maximum absolute atomic E-state index is 14.7. The lowest BCUT2D eigenvalue weighted by Crippen LogP contribution is -2.47. The molecule has 2 aliphatic heterocycles. The molecule has 1 saturated heterocycles. The first-order chi connectivity index (χ1) is 19.0. The number of ether oxygens (including phenoxy) is 3. The first-order valence-corrected chi connectivity index (χ1v) is 13.4. The van der Waals surface area contributed by atoms with E-state index in [1.54, 1.807) is 43.4 Å². The van der Waals surface area contributed by atoms with Crippen LogP contribution in [0.4, 0.5) is 4.39 Å². The third-order valence-corrected chi connectivity index (χ3v) is 7.50. The van der Waals surface area contributed by atoms with E-state index in [0.717, 1.165) is 31.5 Å². The molecular formula is C29H35FN4O5. The van der Waals surface area contributed by atoms with E-state index < -0.39 is 11.9 Å². The minimum absolute atomic E-state index is 0.0109. The SMILES string of the molecule is COc1ccc([C@@H]2CC(c3ccccc3F)=NN2C(=O)CN(CCN2CCOCC2)C(=O)C2CC2)cc1OC. The van der Waals surface area contributed by atoms with Crippen LogP contribution >= 0.6 is 0 Å². The number of carbonyl (C=O) groups excluding carboxylic acids is 2. The van der Waals surface area contributed by atoms with Crippen LogP contribution in [0.15, 0.2) is 47.6 Å². The van der Waals surface area contributed by atoms with Crippen molar-refractivity contribution >= 4 is 17.5 Å². The molecule has 5 rings (SSSR count). The highest BCUT2D eigenvalue weighted by atomic mass is 19.1. The summed E-state index contributed by atoms with van der Waals surface area (Å²) in [7, 11) is 3.11. The van der Waals surface area contributed by atoms with Gasteiger partial charge in [0.05, 0.1) is 39.2 Å². The summed E-state index contributed by atoms with van der Waals surface area (Å²) in [4.78, 5) is 30.9. The van der Waals surface area contributed by atoms with Gasteiger partial charge < -0.3 is 19.1 Å². The van der Waals surface area contributed by atoms with Crippen molar-refractivity contribution in [2.75, 3.05) is 60.2 Å². The maximum Gasteiger partial charge on any atom is 0.262 e. The lowest BCUT2D eigenvalue weighted by atomic mass is 9.97. The zero-order valence-electron chi connectivity index (χ0n) is 22.5. The fourth-order valence-corrected chi connectivity index (χ4v) is 5.10. The monoisotopic (exact) mass is 538 g/mol. The summed E-state index contributed by atoms with van der Waals surface area (Å²) in [6.07, 6.45) is 2.04. The number of rotatable bonds is 10. The normalized spacial score (nSPS) is 19.5. The number of halogens is 1. The van der Waals surface area contributed by atoms with Crippen molar-refractivity contribution in [1.82, 2.24) is 14.8 Å². The van der Waals surface area contributed by atoms with Gasteiger partial charge in [-0.15, -0.1) is 0 Å². The number of methoxy groups -OCH3 is 2. The number of hydrogen-bond donors (Lipinski definition) is 0. The average Bonchev–Trinajstić information content (AvgIpc) is 3.73. The molecule has 2 amide bonds. The zero-order valence-corrected chi connectivity index (χ0v) is 22.5. The van der Waals surface area contributed by atoms with Crippen LogP contribution < -0.4 is 9.47 Å². The van der Waals surface area contributed by atoms with Crippen molar-refractivity contribution in [3.63, 3.8) is 0 Å². The number of amides is 2. The molecule has 2 aromatic carbocycles. The lowest BCUT2D eigenvalue weighted by Gasteiger charge is -2.31. The van der Waals surface area contributed by atoms with Crippen molar-refractivity contribution in [3.05, 3.63) is 59.4 Å². The Hall–Kier alpha value is -3.50. The van der Waals surface area contributed by atoms with Gasteiger partial charge in [0.2, 0.25) is 5.91 Å². The van der Waals surface area contributed by atoms with E-state index >= 15 is 0 Å². The van der Waals surface area contributed by atoms with Crippen molar-refractivity contribution in [3.8, 4) is 11.5 Å². The number of carbonyl (C=O) groups is 2. The first kappa shape index (κ1) is 27.1. The average molecular weight is 539 g/mol. The lowest BCUT2D eigenvalue weighted by molar-refractivity contribution is -0.142. The molecule has 9 nitrogen and oxygen atoms in total. The highest BCUT2D eigenvalue weighted by Crippen LogP contribution is 2.38. The Balaban J connectivity index is 1.40. The fraction of sp³-hybridized carbons (Fsp3) is 0.483. The molecule has 10 heteroatoms. The largest absolute Gasteiger partial charge is 0.493 e. The second-order valence-corrected chi connectivity index (χ2v) is 10.1. The molecule has 3 aliphatic rings. The summed E-state index contributed by atoms with van der Waals surface area (Å²) in [5.74, 6) is 0.385. The van der Waals surface area contributed by atoms with E-state index in [1.807, 2.05) is 12.1 Å². The molecule has 2 aromatic rings. The number of benzene rings is 2. The number of morpholine rings is 1. The van der Waals surface area contributed by atoms with Crippen LogP contribution in [0.3, 0.4) is 0 Å². The summed E-state index contributed by atoms with van der Waals surface area (Å²) < 4.78 is 31.0. The Morgan fingerprint density at radius 2 is 1.82 bits per heavy atom. The van der Waals surface area contributed by atoms with Gasteiger partial charge in [-0.3, -0.25) is 14.5 Å². The van der Waals surface area contributed by atoms with Crippen LogP contribution in [0.1, 0.15) is 36.4 Å². The Kier molecular flexibility index (Phi) is 8.42. The van der Waals surface area contributed by atoms with Crippen molar-refractivity contribution in [2.45, 2.75) is 25.3 Å². The van der Waals surface area contributed by atoms with Crippen LogP contribution in [0.25, 0.3) is 0 Å². The van der Waals surface area contributed by atoms with E-state index in [9.17, 15) is 14.0 Å². The molecule has 0 unspecified atom stereocenters. The van der Waals surface area contributed by atoms with Crippen molar-refractivity contribution in [1.29, 1.82) is 0 Å². The van der Waals surface area contributed by atoms with E-state index in [2.05, 4.69) is 10.0 Å². The first-order valence-electron chi connectivity index (χ1n) is 13.4. The maximum atomic E-state index is 14.7. The fourth-order valence-electron chi connectivity index (χ4n) is 5.10. The summed E-state index contributed by atoms with van der Waals surface area (Å²) >= 11 is 0. The molecule has 1 aliphatic carbocycles. The van der Waals surface area contributed by atoms with Gasteiger partial charge in [-0.05, 0) is 36.6 Å². The second-order valence-electron chi connectivity index (χ2n) is 10.1. The molecule has 0 aromatic heterocycles. The Bertz CT molecular complexity index is 1230. The molecule has 2 heterocycles. The van der Waals surface area contributed by atoms with Crippen molar-refractivity contribution in [2.24, 2.45) is 11.0 Å². The van der Waals surface area contributed by atoms with Gasteiger partial charge in [-0.2, -0.15) is 5.10 Å². The predicted octanol–water partition coefficient (Wildman–Crippen LogP) is 3.09. The molecular weight excluding hydrogens is 503 g/mol. The summed E-state index contributed by atoms with van der Waals surface area (Å²) in [6.45, 7) is 4.01. The molecule has 0 bridgehead atoms. The van der Waals surface area contributed by atoms with Gasteiger partial charge in [-0.25, -0.2) is 9.40 Å². The molecule has 1 saturated carbocycles. The summed E-state index contributed by atoms with van der Waals surface area (Å²) in [5, 5.41) is 6.03. The standard InChI is InChI=1S/C29H35FN4O5/c1-37-26-10-9-21(17-27(26)38-2)25-18-24(22-5-3-4-6-23(22)30)31-34(25)28(35)19-33(29(36)20-7-8-20)12-11-32-13-15-39-16-14-32/h3-6,9-10,17,20,25H,7-8,11-16,18-19H2,1-2H3/t25-/m0/s1. The molecule has 0 N–H and O–H groups in total. The van der Waals surface area contributed by atoms with Gasteiger partial charge in [-0.1, -0.05) is 24.3 Å². The minimum atomic E-state index is -0.482. The molecule has 0 radical (unpaired) electrons. The van der Waals surface area contributed by atoms with E-state index in [4.69, 9.17) is 14.2 Å². The third kappa shape index (κ3) is 6.23. The number of hydrogen-bond acceptors (Lipinski definition) is 7. The van der Waals surface area contributed by atoms with Crippen molar-refractivity contribution < 1.29 is 28.2 Å². The van der Waals surface area contributed by atoms with Crippen LogP contribution in [-0.2, 0) is 14.3 Å². The van der Waals surface area contributed by atoms with Gasteiger partial charge >= 0.3 is 0 Å². The molecule has 39 heavy (non-hydrogen) atoms. The van der Waals surface area contributed by atoms with Gasteiger partial charge in [0.15, 0.2) is 11.5 Å². The van der Waals surface area contributed by atoms with Crippen LogP contribution in [0, 0.1) is 11.7 Å². The Labute approximate surface area is 228 Å². The van der Waals surface area contributed by atoms with Crippen LogP contribution in [0.5, 0.6) is 11.5 Å². The molecule has 0 spiro atoms. The topological polar surface area (TPSA) is 83.9 Å². The highest BCUT2D eigenvalue weighted by molar-refractivity contribution is 6.03. The minimum Gasteiger partial charge on any atom is -0.493 e. The second kappa shape index (κ2) is 12.1. The van der Waals surface area contributed by atoms with Crippen LogP contribution in [0.2, 0.25) is 0 Å². The third-order valence-electron chi connectivity index (χ3n) is 7.50. The quantitative estimate of drug-likeness (QED) is 0.462. The number of hydrazone groups is 1.